The SMILES string of the molecule is Cc1cccc(C)c1NC(=O)COC(=O)c1cccnc1N. The normalized spacial score (nSPS) is 10.1. The maximum absolute atomic E-state index is 11.9. The van der Waals surface area contributed by atoms with Crippen molar-refractivity contribution in [3.05, 3.63) is 53.2 Å². The van der Waals surface area contributed by atoms with E-state index in [-0.39, 0.29) is 18.0 Å². The minimum atomic E-state index is -0.678. The maximum atomic E-state index is 11.9. The Morgan fingerprint density at radius 3 is 2.50 bits per heavy atom. The van der Waals surface area contributed by atoms with Crippen LogP contribution < -0.4 is 11.1 Å². The number of aromatic nitrogens is 1. The number of nitrogens with zero attached hydrogens (tertiary/aromatic N) is 1. The number of benzene rings is 1. The number of hydrogen-bond acceptors (Lipinski definition) is 5. The zero-order chi connectivity index (χ0) is 16.1. The Morgan fingerprint density at radius 1 is 1.18 bits per heavy atom. The van der Waals surface area contributed by atoms with Crippen molar-refractivity contribution < 1.29 is 14.3 Å². The van der Waals surface area contributed by atoms with Crippen molar-refractivity contribution in [1.29, 1.82) is 0 Å². The Hall–Kier alpha value is -2.89. The lowest BCUT2D eigenvalue weighted by Crippen LogP contribution is -2.22. The van der Waals surface area contributed by atoms with Gasteiger partial charge in [0.1, 0.15) is 11.4 Å². The molecule has 2 rings (SSSR count). The fourth-order valence-electron chi connectivity index (χ4n) is 1.99. The monoisotopic (exact) mass is 299 g/mol. The van der Waals surface area contributed by atoms with Crippen LogP contribution in [-0.4, -0.2) is 23.5 Å². The van der Waals surface area contributed by atoms with Crippen molar-refractivity contribution in [2.75, 3.05) is 17.7 Å². The number of ether oxygens (including phenoxy) is 1. The number of carbonyl (C=O) groups excluding carboxylic acids is 2. The summed E-state index contributed by atoms with van der Waals surface area (Å²) in [6, 6.07) is 8.76. The molecule has 22 heavy (non-hydrogen) atoms. The summed E-state index contributed by atoms with van der Waals surface area (Å²) in [7, 11) is 0. The quantitative estimate of drug-likeness (QED) is 0.843. The van der Waals surface area contributed by atoms with Gasteiger partial charge < -0.3 is 15.8 Å². The molecular weight excluding hydrogens is 282 g/mol. The highest BCUT2D eigenvalue weighted by Crippen LogP contribution is 2.19. The van der Waals surface area contributed by atoms with E-state index in [0.717, 1.165) is 16.8 Å². The third kappa shape index (κ3) is 3.60. The standard InChI is InChI=1S/C16H17N3O3/c1-10-5-3-6-11(2)14(10)19-13(20)9-22-16(21)12-7-4-8-18-15(12)17/h3-8H,9H2,1-2H3,(H2,17,18)(H,19,20). The Bertz CT molecular complexity index is 693. The first-order chi connectivity index (χ1) is 10.5. The second-order valence-corrected chi connectivity index (χ2v) is 4.83. The molecule has 0 radical (unpaired) electrons. The molecule has 2 aromatic rings. The molecule has 3 N–H and O–H groups in total. The average molecular weight is 299 g/mol. The van der Waals surface area contributed by atoms with Crippen LogP contribution in [0.5, 0.6) is 0 Å². The minimum absolute atomic E-state index is 0.0719. The molecule has 0 fully saturated rings. The van der Waals surface area contributed by atoms with Crippen LogP contribution in [0.4, 0.5) is 11.5 Å². The largest absolute Gasteiger partial charge is 0.452 e. The van der Waals surface area contributed by atoms with E-state index in [2.05, 4.69) is 10.3 Å². The smallest absolute Gasteiger partial charge is 0.342 e. The number of nitrogen functional groups attached to an aromatic ring is 1. The molecule has 1 amide bonds. The van der Waals surface area contributed by atoms with Crippen LogP contribution in [0.2, 0.25) is 0 Å². The highest BCUT2D eigenvalue weighted by molar-refractivity contribution is 5.98. The van der Waals surface area contributed by atoms with Crippen LogP contribution in [0, 0.1) is 13.8 Å². The summed E-state index contributed by atoms with van der Waals surface area (Å²) in [5, 5.41) is 2.74. The number of para-hydroxylation sites is 1. The molecule has 0 unspecified atom stereocenters. The first-order valence-corrected chi connectivity index (χ1v) is 6.72. The van der Waals surface area contributed by atoms with Gasteiger partial charge in [-0.2, -0.15) is 0 Å². The van der Waals surface area contributed by atoms with Gasteiger partial charge in [-0.25, -0.2) is 9.78 Å². The molecule has 0 saturated heterocycles. The summed E-state index contributed by atoms with van der Waals surface area (Å²) in [4.78, 5) is 27.5. The van der Waals surface area contributed by atoms with E-state index in [1.165, 1.54) is 12.3 Å². The molecule has 6 heteroatoms. The third-order valence-corrected chi connectivity index (χ3v) is 3.14. The number of rotatable bonds is 4. The van der Waals surface area contributed by atoms with Crippen LogP contribution in [0.25, 0.3) is 0 Å². The summed E-state index contributed by atoms with van der Waals surface area (Å²) in [6.45, 7) is 3.40. The van der Waals surface area contributed by atoms with E-state index >= 15 is 0 Å². The summed E-state index contributed by atoms with van der Waals surface area (Å²) in [6.07, 6.45) is 1.47. The van der Waals surface area contributed by atoms with Gasteiger partial charge in [0.15, 0.2) is 6.61 Å². The predicted molar refractivity (Wildman–Crippen MR) is 83.5 cm³/mol. The molecule has 0 aliphatic carbocycles. The number of carbonyl (C=O) groups is 2. The predicted octanol–water partition coefficient (Wildman–Crippen LogP) is 2.08. The number of pyridine rings is 1. The Morgan fingerprint density at radius 2 is 1.86 bits per heavy atom. The molecule has 6 nitrogen and oxygen atoms in total. The molecular formula is C16H17N3O3. The fraction of sp³-hybridized carbons (Fsp3) is 0.188. The van der Waals surface area contributed by atoms with E-state index in [9.17, 15) is 9.59 Å². The second kappa shape index (κ2) is 6.71. The number of nitrogens with one attached hydrogen (secondary N) is 1. The first-order valence-electron chi connectivity index (χ1n) is 6.72. The lowest BCUT2D eigenvalue weighted by molar-refractivity contribution is -0.119. The van der Waals surface area contributed by atoms with Crippen molar-refractivity contribution in [2.45, 2.75) is 13.8 Å². The molecule has 0 atom stereocenters. The van der Waals surface area contributed by atoms with E-state index in [1.54, 1.807) is 6.07 Å². The summed E-state index contributed by atoms with van der Waals surface area (Å²) in [5.74, 6) is -1.02. The van der Waals surface area contributed by atoms with Crippen LogP contribution >= 0.6 is 0 Å². The van der Waals surface area contributed by atoms with Gasteiger partial charge in [-0.1, -0.05) is 18.2 Å². The zero-order valence-electron chi connectivity index (χ0n) is 12.4. The molecule has 1 aromatic carbocycles. The lowest BCUT2D eigenvalue weighted by atomic mass is 10.1. The summed E-state index contributed by atoms with van der Waals surface area (Å²) < 4.78 is 4.95. The Balaban J connectivity index is 1.96. The van der Waals surface area contributed by atoms with Crippen LogP contribution in [-0.2, 0) is 9.53 Å². The zero-order valence-corrected chi connectivity index (χ0v) is 12.4. The van der Waals surface area contributed by atoms with Crippen molar-refractivity contribution in [1.82, 2.24) is 4.98 Å². The lowest BCUT2D eigenvalue weighted by Gasteiger charge is -2.11. The third-order valence-electron chi connectivity index (χ3n) is 3.14. The molecule has 1 heterocycles. The molecule has 0 saturated carbocycles. The molecule has 0 bridgehead atoms. The number of aryl methyl sites for hydroxylation is 2. The van der Waals surface area contributed by atoms with Crippen molar-refractivity contribution in [3.8, 4) is 0 Å². The fourth-order valence-corrected chi connectivity index (χ4v) is 1.99. The number of esters is 1. The average Bonchev–Trinajstić information content (AvgIpc) is 2.49. The molecule has 0 aliphatic heterocycles. The van der Waals surface area contributed by atoms with Gasteiger partial charge in [0.2, 0.25) is 0 Å². The first kappa shape index (κ1) is 15.5. The van der Waals surface area contributed by atoms with Gasteiger partial charge in [-0.3, -0.25) is 4.79 Å². The maximum Gasteiger partial charge on any atom is 0.342 e. The number of hydrogen-bond donors (Lipinski definition) is 2. The summed E-state index contributed by atoms with van der Waals surface area (Å²) >= 11 is 0. The van der Waals surface area contributed by atoms with Gasteiger partial charge in [-0.05, 0) is 37.1 Å². The van der Waals surface area contributed by atoms with E-state index in [1.807, 2.05) is 32.0 Å². The summed E-state index contributed by atoms with van der Waals surface area (Å²) in [5.41, 5.74) is 8.33. The number of amides is 1. The topological polar surface area (TPSA) is 94.3 Å². The van der Waals surface area contributed by atoms with Gasteiger partial charge in [0, 0.05) is 11.9 Å². The Labute approximate surface area is 128 Å². The Kier molecular flexibility index (Phi) is 4.73. The van der Waals surface area contributed by atoms with Gasteiger partial charge in [0.05, 0.1) is 0 Å². The van der Waals surface area contributed by atoms with Crippen molar-refractivity contribution >= 4 is 23.4 Å². The van der Waals surface area contributed by atoms with Gasteiger partial charge in [0.25, 0.3) is 5.91 Å². The highest BCUT2D eigenvalue weighted by atomic mass is 16.5. The van der Waals surface area contributed by atoms with Gasteiger partial charge in [-0.15, -0.1) is 0 Å². The van der Waals surface area contributed by atoms with Crippen molar-refractivity contribution in [2.24, 2.45) is 0 Å². The molecule has 1 aromatic heterocycles. The highest BCUT2D eigenvalue weighted by Gasteiger charge is 2.14. The number of nitrogens with two attached hydrogens (primary N) is 1. The minimum Gasteiger partial charge on any atom is -0.452 e. The van der Waals surface area contributed by atoms with E-state index in [0.29, 0.717) is 0 Å². The number of anilines is 2. The van der Waals surface area contributed by atoms with Crippen LogP contribution in [0.1, 0.15) is 21.5 Å². The van der Waals surface area contributed by atoms with Crippen molar-refractivity contribution in [3.63, 3.8) is 0 Å². The van der Waals surface area contributed by atoms with Crippen LogP contribution in [0.3, 0.4) is 0 Å². The molecule has 0 aliphatic rings. The van der Waals surface area contributed by atoms with E-state index in [4.69, 9.17) is 10.5 Å². The van der Waals surface area contributed by atoms with Crippen LogP contribution in [0.15, 0.2) is 36.5 Å². The molecule has 114 valence electrons. The van der Waals surface area contributed by atoms with Gasteiger partial charge >= 0.3 is 5.97 Å². The van der Waals surface area contributed by atoms with E-state index < -0.39 is 11.9 Å². The molecule has 0 spiro atoms. The second-order valence-electron chi connectivity index (χ2n) is 4.83.